The molecule has 2 aromatic carbocycles. The molecule has 2 N–H and O–H groups in total. The van der Waals surface area contributed by atoms with Gasteiger partial charge in [0.15, 0.2) is 0 Å². The van der Waals surface area contributed by atoms with Gasteiger partial charge in [-0.1, -0.05) is 18.2 Å². The minimum absolute atomic E-state index is 0.0406. The van der Waals surface area contributed by atoms with Gasteiger partial charge in [0.25, 0.3) is 0 Å². The van der Waals surface area contributed by atoms with Gasteiger partial charge in [-0.05, 0) is 49.1 Å². The number of nitrogens with one attached hydrogen (secondary N) is 2. The third kappa shape index (κ3) is 5.75. The maximum absolute atomic E-state index is 12.6. The number of benzene rings is 2. The zero-order chi connectivity index (χ0) is 24.0. The van der Waals surface area contributed by atoms with E-state index in [1.807, 2.05) is 54.7 Å². The molecule has 34 heavy (non-hydrogen) atoms. The van der Waals surface area contributed by atoms with Gasteiger partial charge >= 0.3 is 0 Å². The molecule has 1 aliphatic rings. The van der Waals surface area contributed by atoms with E-state index in [0.29, 0.717) is 32.2 Å². The standard InChI is InChI=1S/C26H30N4O4/c1-33-22-8-6-19(7-9-22)15-26(13-11-25(32)29-26)12-10-24(31)27-16-20-17-28-30(18-20)21-4-3-5-23(14-21)34-2/h3-9,14,17-18H,10-13,15-16H2,1-2H3,(H,27,31)(H,29,32)/t26-/m1/s1. The molecule has 0 unspecified atom stereocenters. The van der Waals surface area contributed by atoms with Crippen LogP contribution in [-0.4, -0.2) is 41.4 Å². The summed E-state index contributed by atoms with van der Waals surface area (Å²) in [6, 6.07) is 15.5. The number of amides is 2. The first-order valence-electron chi connectivity index (χ1n) is 11.4. The van der Waals surface area contributed by atoms with Crippen molar-refractivity contribution in [1.29, 1.82) is 0 Å². The van der Waals surface area contributed by atoms with E-state index in [0.717, 1.165) is 34.7 Å². The van der Waals surface area contributed by atoms with E-state index in [2.05, 4.69) is 15.7 Å². The van der Waals surface area contributed by atoms with Crippen molar-refractivity contribution in [2.45, 2.75) is 44.2 Å². The summed E-state index contributed by atoms with van der Waals surface area (Å²) < 4.78 is 12.2. The minimum atomic E-state index is -0.403. The Morgan fingerprint density at radius 1 is 1.12 bits per heavy atom. The molecule has 0 spiro atoms. The summed E-state index contributed by atoms with van der Waals surface area (Å²) in [5.74, 6) is 1.54. The van der Waals surface area contributed by atoms with Gasteiger partial charge in [-0.25, -0.2) is 4.68 Å². The Labute approximate surface area is 199 Å². The summed E-state index contributed by atoms with van der Waals surface area (Å²) >= 11 is 0. The zero-order valence-corrected chi connectivity index (χ0v) is 19.5. The molecule has 0 bridgehead atoms. The third-order valence-electron chi connectivity index (χ3n) is 6.21. The van der Waals surface area contributed by atoms with Gasteiger partial charge in [0.2, 0.25) is 11.8 Å². The lowest BCUT2D eigenvalue weighted by Gasteiger charge is -2.29. The van der Waals surface area contributed by atoms with Crippen molar-refractivity contribution >= 4 is 11.8 Å². The molecule has 0 radical (unpaired) electrons. The second-order valence-corrected chi connectivity index (χ2v) is 8.62. The molecule has 178 valence electrons. The van der Waals surface area contributed by atoms with Gasteiger partial charge in [0, 0.05) is 42.8 Å². The van der Waals surface area contributed by atoms with Crippen molar-refractivity contribution in [3.05, 3.63) is 72.1 Å². The summed E-state index contributed by atoms with van der Waals surface area (Å²) in [4.78, 5) is 24.6. The van der Waals surface area contributed by atoms with Crippen molar-refractivity contribution in [2.24, 2.45) is 0 Å². The SMILES string of the molecule is COc1ccc(C[C@@]2(CCC(=O)NCc3cnn(-c4cccc(OC)c4)c3)CCC(=O)N2)cc1. The molecule has 2 amide bonds. The number of carbonyl (C=O) groups is 2. The first-order chi connectivity index (χ1) is 16.5. The number of carbonyl (C=O) groups excluding carboxylic acids is 2. The quantitative estimate of drug-likeness (QED) is 0.483. The van der Waals surface area contributed by atoms with Crippen LogP contribution in [0.15, 0.2) is 60.9 Å². The van der Waals surface area contributed by atoms with Crippen molar-refractivity contribution in [2.75, 3.05) is 14.2 Å². The average Bonchev–Trinajstić information content (AvgIpc) is 3.49. The number of rotatable bonds is 10. The number of aromatic nitrogens is 2. The normalized spacial score (nSPS) is 17.3. The predicted octanol–water partition coefficient (Wildman–Crippen LogP) is 3.18. The van der Waals surface area contributed by atoms with Crippen LogP contribution in [0.4, 0.5) is 0 Å². The predicted molar refractivity (Wildman–Crippen MR) is 128 cm³/mol. The summed E-state index contributed by atoms with van der Waals surface area (Å²) in [5, 5.41) is 10.5. The van der Waals surface area contributed by atoms with Crippen LogP contribution in [0.25, 0.3) is 5.69 Å². The summed E-state index contributed by atoms with van der Waals surface area (Å²) in [6.07, 6.45) is 6.43. The molecule has 2 heterocycles. The van der Waals surface area contributed by atoms with E-state index in [9.17, 15) is 9.59 Å². The molecule has 0 aliphatic carbocycles. The molecule has 1 fully saturated rings. The first kappa shape index (κ1) is 23.4. The smallest absolute Gasteiger partial charge is 0.220 e. The number of hydrogen-bond donors (Lipinski definition) is 2. The molecule has 1 saturated heterocycles. The Morgan fingerprint density at radius 3 is 2.62 bits per heavy atom. The van der Waals surface area contributed by atoms with Gasteiger partial charge in [-0.3, -0.25) is 9.59 Å². The highest BCUT2D eigenvalue weighted by molar-refractivity contribution is 5.80. The Morgan fingerprint density at radius 2 is 1.91 bits per heavy atom. The molecule has 8 nitrogen and oxygen atoms in total. The average molecular weight is 463 g/mol. The lowest BCUT2D eigenvalue weighted by molar-refractivity contribution is -0.122. The molecular formula is C26H30N4O4. The molecule has 1 atom stereocenters. The Bertz CT molecular complexity index is 1140. The molecular weight excluding hydrogens is 432 g/mol. The molecule has 1 aromatic heterocycles. The van der Waals surface area contributed by atoms with Crippen LogP contribution in [0.5, 0.6) is 11.5 Å². The largest absolute Gasteiger partial charge is 0.497 e. The number of methoxy groups -OCH3 is 2. The third-order valence-corrected chi connectivity index (χ3v) is 6.21. The van der Waals surface area contributed by atoms with Crippen molar-refractivity contribution in [3.8, 4) is 17.2 Å². The van der Waals surface area contributed by atoms with Gasteiger partial charge in [-0.15, -0.1) is 0 Å². The second kappa shape index (κ2) is 10.4. The van der Waals surface area contributed by atoms with E-state index in [-0.39, 0.29) is 11.8 Å². The monoisotopic (exact) mass is 462 g/mol. The van der Waals surface area contributed by atoms with Crippen LogP contribution in [0.3, 0.4) is 0 Å². The summed E-state index contributed by atoms with van der Waals surface area (Å²) in [5.41, 5.74) is 2.49. The number of hydrogen-bond acceptors (Lipinski definition) is 5. The minimum Gasteiger partial charge on any atom is -0.497 e. The van der Waals surface area contributed by atoms with Crippen molar-refractivity contribution in [3.63, 3.8) is 0 Å². The highest BCUT2D eigenvalue weighted by atomic mass is 16.5. The zero-order valence-electron chi connectivity index (χ0n) is 19.5. The Kier molecular flexibility index (Phi) is 7.15. The topological polar surface area (TPSA) is 94.5 Å². The number of nitrogens with zero attached hydrogens (tertiary/aromatic N) is 2. The fraction of sp³-hybridized carbons (Fsp3) is 0.346. The van der Waals surface area contributed by atoms with Gasteiger partial charge in [0.1, 0.15) is 11.5 Å². The van der Waals surface area contributed by atoms with Crippen LogP contribution < -0.4 is 20.1 Å². The fourth-order valence-electron chi connectivity index (χ4n) is 4.30. The fourth-order valence-corrected chi connectivity index (χ4v) is 4.30. The lowest BCUT2D eigenvalue weighted by Crippen LogP contribution is -2.44. The van der Waals surface area contributed by atoms with Gasteiger partial charge in [0.05, 0.1) is 26.1 Å². The maximum atomic E-state index is 12.6. The lowest BCUT2D eigenvalue weighted by atomic mass is 9.85. The molecule has 1 aliphatic heterocycles. The summed E-state index contributed by atoms with van der Waals surface area (Å²) in [7, 11) is 3.26. The van der Waals surface area contributed by atoms with Gasteiger partial charge in [-0.2, -0.15) is 5.10 Å². The van der Waals surface area contributed by atoms with Crippen LogP contribution in [0, 0.1) is 0 Å². The Balaban J connectivity index is 1.32. The van der Waals surface area contributed by atoms with E-state index in [4.69, 9.17) is 9.47 Å². The van der Waals surface area contributed by atoms with Crippen LogP contribution in [0.1, 0.15) is 36.8 Å². The van der Waals surface area contributed by atoms with Crippen LogP contribution in [-0.2, 0) is 22.6 Å². The van der Waals surface area contributed by atoms with E-state index < -0.39 is 5.54 Å². The van der Waals surface area contributed by atoms with Crippen molar-refractivity contribution < 1.29 is 19.1 Å². The molecule has 8 heteroatoms. The molecule has 3 aromatic rings. The van der Waals surface area contributed by atoms with Crippen molar-refractivity contribution in [1.82, 2.24) is 20.4 Å². The van der Waals surface area contributed by atoms with E-state index in [1.165, 1.54) is 0 Å². The highest BCUT2D eigenvalue weighted by Crippen LogP contribution is 2.30. The number of ether oxygens (including phenoxy) is 2. The summed E-state index contributed by atoms with van der Waals surface area (Å²) in [6.45, 7) is 0.390. The first-order valence-corrected chi connectivity index (χ1v) is 11.4. The second-order valence-electron chi connectivity index (χ2n) is 8.62. The molecule has 4 rings (SSSR count). The maximum Gasteiger partial charge on any atom is 0.220 e. The highest BCUT2D eigenvalue weighted by Gasteiger charge is 2.37. The Hall–Kier alpha value is -3.81. The van der Waals surface area contributed by atoms with Crippen LogP contribution >= 0.6 is 0 Å². The molecule has 0 saturated carbocycles. The van der Waals surface area contributed by atoms with Crippen LogP contribution in [0.2, 0.25) is 0 Å². The van der Waals surface area contributed by atoms with E-state index in [1.54, 1.807) is 25.1 Å². The van der Waals surface area contributed by atoms with Gasteiger partial charge < -0.3 is 20.1 Å². The van der Waals surface area contributed by atoms with E-state index >= 15 is 0 Å².